The normalized spacial score (nSPS) is 14.2. The highest BCUT2D eigenvalue weighted by Crippen LogP contribution is 2.43. The van der Waals surface area contributed by atoms with Crippen LogP contribution >= 0.6 is 11.3 Å². The second-order valence-corrected chi connectivity index (χ2v) is 8.51. The van der Waals surface area contributed by atoms with Crippen LogP contribution in [0.3, 0.4) is 0 Å². The molecule has 0 saturated heterocycles. The van der Waals surface area contributed by atoms with Gasteiger partial charge in [-0.2, -0.15) is 4.98 Å². The monoisotopic (exact) mass is 395 g/mol. The molecule has 0 bridgehead atoms. The molecule has 0 fully saturated rings. The minimum Gasteiger partial charge on any atom is -0.376 e. The maximum absolute atomic E-state index is 13.4. The summed E-state index contributed by atoms with van der Waals surface area (Å²) in [6.45, 7) is 2.60. The Bertz CT molecular complexity index is 1080. The van der Waals surface area contributed by atoms with E-state index in [1.54, 1.807) is 6.92 Å². The quantitative estimate of drug-likeness (QED) is 0.729. The van der Waals surface area contributed by atoms with Crippen LogP contribution in [0.1, 0.15) is 16.3 Å². The number of aromatic nitrogens is 2. The lowest BCUT2D eigenvalue weighted by atomic mass is 10.1. The van der Waals surface area contributed by atoms with E-state index in [1.807, 2.05) is 0 Å². The van der Waals surface area contributed by atoms with Gasteiger partial charge in [-0.1, -0.05) is 11.2 Å². The summed E-state index contributed by atoms with van der Waals surface area (Å²) in [6.07, 6.45) is 0.615. The van der Waals surface area contributed by atoms with Gasteiger partial charge in [-0.3, -0.25) is 4.72 Å². The van der Waals surface area contributed by atoms with Crippen molar-refractivity contribution in [1.82, 2.24) is 10.1 Å². The molecule has 0 saturated carbocycles. The number of benzene rings is 1. The summed E-state index contributed by atoms with van der Waals surface area (Å²) in [4.78, 5) is 4.97. The SMILES string of the molecule is Cc1noc(-c2c(NS(=O)(=O)c3cccc(F)c3)sc3c2CCOC3)n1. The molecule has 1 N–H and O–H groups in total. The van der Waals surface area contributed by atoms with Crippen LogP contribution in [-0.2, 0) is 27.8 Å². The lowest BCUT2D eigenvalue weighted by Crippen LogP contribution is -2.13. The molecule has 3 heterocycles. The van der Waals surface area contributed by atoms with Gasteiger partial charge in [0.2, 0.25) is 0 Å². The molecule has 1 aliphatic rings. The van der Waals surface area contributed by atoms with Gasteiger partial charge in [-0.05, 0) is 37.1 Å². The topological polar surface area (TPSA) is 94.3 Å². The Morgan fingerprint density at radius 1 is 1.35 bits per heavy atom. The highest BCUT2D eigenvalue weighted by atomic mass is 32.2. The van der Waals surface area contributed by atoms with Gasteiger partial charge in [0.05, 0.1) is 23.7 Å². The Kier molecular flexibility index (Phi) is 4.25. The van der Waals surface area contributed by atoms with Crippen molar-refractivity contribution in [2.75, 3.05) is 11.3 Å². The van der Waals surface area contributed by atoms with Crippen LogP contribution < -0.4 is 4.72 Å². The summed E-state index contributed by atoms with van der Waals surface area (Å²) in [7, 11) is -3.97. The number of thiophene rings is 1. The van der Waals surface area contributed by atoms with Gasteiger partial charge in [0, 0.05) is 4.88 Å². The average Bonchev–Trinajstić information content (AvgIpc) is 3.17. The van der Waals surface area contributed by atoms with Crippen LogP contribution in [0.15, 0.2) is 33.7 Å². The predicted octanol–water partition coefficient (Wildman–Crippen LogP) is 3.12. The number of halogens is 1. The van der Waals surface area contributed by atoms with Gasteiger partial charge in [-0.25, -0.2) is 12.8 Å². The Morgan fingerprint density at radius 2 is 2.19 bits per heavy atom. The smallest absolute Gasteiger partial charge is 0.262 e. The number of hydrogen-bond acceptors (Lipinski definition) is 7. The molecule has 0 aliphatic carbocycles. The molecule has 4 rings (SSSR count). The van der Waals surface area contributed by atoms with E-state index >= 15 is 0 Å². The van der Waals surface area contributed by atoms with Crippen molar-refractivity contribution in [3.8, 4) is 11.5 Å². The molecule has 7 nitrogen and oxygen atoms in total. The Balaban J connectivity index is 1.80. The molecule has 0 atom stereocenters. The fourth-order valence-electron chi connectivity index (χ4n) is 2.74. The third-order valence-corrected chi connectivity index (χ3v) is 6.49. The highest BCUT2D eigenvalue weighted by molar-refractivity contribution is 7.93. The molecule has 0 unspecified atom stereocenters. The molecule has 26 heavy (non-hydrogen) atoms. The van der Waals surface area contributed by atoms with Crippen molar-refractivity contribution in [3.63, 3.8) is 0 Å². The molecule has 0 amide bonds. The van der Waals surface area contributed by atoms with Crippen molar-refractivity contribution in [3.05, 3.63) is 46.3 Å². The van der Waals surface area contributed by atoms with Crippen molar-refractivity contribution in [1.29, 1.82) is 0 Å². The van der Waals surface area contributed by atoms with E-state index in [-0.39, 0.29) is 10.8 Å². The minimum absolute atomic E-state index is 0.159. The first-order valence-electron chi connectivity index (χ1n) is 7.75. The summed E-state index contributed by atoms with van der Waals surface area (Å²) >= 11 is 1.25. The van der Waals surface area contributed by atoms with Crippen LogP contribution in [0.5, 0.6) is 0 Å². The third kappa shape index (κ3) is 3.11. The fraction of sp³-hybridized carbons (Fsp3) is 0.250. The summed E-state index contributed by atoms with van der Waals surface area (Å²) in [5, 5.41) is 4.14. The molecular weight excluding hydrogens is 381 g/mol. The standard InChI is InChI=1S/C16H14FN3O4S2/c1-9-18-15(24-19-9)14-12-5-6-23-8-13(12)25-16(14)20-26(21,22)11-4-2-3-10(17)7-11/h2-4,7,20H,5-6,8H2,1H3. The van der Waals surface area contributed by atoms with E-state index in [0.29, 0.717) is 36.0 Å². The van der Waals surface area contributed by atoms with Gasteiger partial charge >= 0.3 is 0 Å². The van der Waals surface area contributed by atoms with Crippen LogP contribution in [0.4, 0.5) is 9.39 Å². The molecule has 1 aliphatic heterocycles. The molecule has 10 heteroatoms. The summed E-state index contributed by atoms with van der Waals surface area (Å²) in [5.41, 5.74) is 1.50. The second kappa shape index (κ2) is 6.45. The number of hydrogen-bond donors (Lipinski definition) is 1. The van der Waals surface area contributed by atoms with Crippen molar-refractivity contribution >= 4 is 26.4 Å². The van der Waals surface area contributed by atoms with E-state index in [2.05, 4.69) is 14.9 Å². The first-order chi connectivity index (χ1) is 12.4. The lowest BCUT2D eigenvalue weighted by Gasteiger charge is -2.12. The first-order valence-corrected chi connectivity index (χ1v) is 10.1. The zero-order valence-corrected chi connectivity index (χ0v) is 15.3. The fourth-order valence-corrected chi connectivity index (χ4v) is 5.26. The van der Waals surface area contributed by atoms with Gasteiger partial charge in [0.25, 0.3) is 15.9 Å². The Hall–Kier alpha value is -2.30. The van der Waals surface area contributed by atoms with Gasteiger partial charge in [0.1, 0.15) is 10.8 Å². The minimum atomic E-state index is -3.97. The third-order valence-electron chi connectivity index (χ3n) is 3.90. The van der Waals surface area contributed by atoms with Crippen molar-refractivity contribution in [2.45, 2.75) is 24.8 Å². The van der Waals surface area contributed by atoms with Gasteiger partial charge in [0.15, 0.2) is 5.82 Å². The van der Waals surface area contributed by atoms with Crippen LogP contribution in [0.2, 0.25) is 0 Å². The van der Waals surface area contributed by atoms with Crippen molar-refractivity contribution < 1.29 is 22.1 Å². The zero-order valence-electron chi connectivity index (χ0n) is 13.7. The number of nitrogens with zero attached hydrogens (tertiary/aromatic N) is 2. The molecule has 0 radical (unpaired) electrons. The maximum atomic E-state index is 13.4. The number of rotatable bonds is 4. The zero-order chi connectivity index (χ0) is 18.3. The van der Waals surface area contributed by atoms with Crippen LogP contribution in [0, 0.1) is 12.7 Å². The van der Waals surface area contributed by atoms with Gasteiger partial charge < -0.3 is 9.26 Å². The van der Waals surface area contributed by atoms with E-state index in [9.17, 15) is 12.8 Å². The van der Waals surface area contributed by atoms with E-state index in [1.165, 1.54) is 29.5 Å². The van der Waals surface area contributed by atoms with Crippen molar-refractivity contribution in [2.24, 2.45) is 0 Å². The molecule has 136 valence electrons. The second-order valence-electron chi connectivity index (χ2n) is 5.72. The lowest BCUT2D eigenvalue weighted by molar-refractivity contribution is 0.113. The largest absolute Gasteiger partial charge is 0.376 e. The number of aryl methyl sites for hydroxylation is 1. The first kappa shape index (κ1) is 17.1. The summed E-state index contributed by atoms with van der Waals surface area (Å²) in [5.74, 6) is 0.0734. The molecule has 2 aromatic heterocycles. The summed E-state index contributed by atoms with van der Waals surface area (Å²) in [6, 6.07) is 4.83. The number of sulfonamides is 1. The summed E-state index contributed by atoms with van der Waals surface area (Å²) < 4.78 is 52.1. The average molecular weight is 395 g/mol. The molecule has 3 aromatic rings. The van der Waals surface area contributed by atoms with E-state index in [0.717, 1.165) is 16.5 Å². The maximum Gasteiger partial charge on any atom is 0.262 e. The number of ether oxygens (including phenoxy) is 1. The van der Waals surface area contributed by atoms with Crippen LogP contribution in [-0.4, -0.2) is 25.2 Å². The Labute approximate surface area is 152 Å². The Morgan fingerprint density at radius 3 is 2.92 bits per heavy atom. The number of nitrogens with one attached hydrogen (secondary N) is 1. The molecule has 0 spiro atoms. The number of fused-ring (bicyclic) bond motifs is 1. The van der Waals surface area contributed by atoms with E-state index < -0.39 is 15.8 Å². The predicted molar refractivity (Wildman–Crippen MR) is 92.9 cm³/mol. The highest BCUT2D eigenvalue weighted by Gasteiger charge is 2.28. The molecule has 1 aromatic carbocycles. The molecular formula is C16H14FN3O4S2. The van der Waals surface area contributed by atoms with E-state index in [4.69, 9.17) is 9.26 Å². The van der Waals surface area contributed by atoms with Gasteiger partial charge in [-0.15, -0.1) is 11.3 Å². The van der Waals surface area contributed by atoms with Crippen LogP contribution in [0.25, 0.3) is 11.5 Å². The number of anilines is 1.